The van der Waals surface area contributed by atoms with Crippen molar-refractivity contribution in [3.05, 3.63) is 53.6 Å². The summed E-state index contributed by atoms with van der Waals surface area (Å²) in [6.45, 7) is 0.566. The summed E-state index contributed by atoms with van der Waals surface area (Å²) < 4.78 is 38.5. The van der Waals surface area contributed by atoms with Gasteiger partial charge in [0.2, 0.25) is 5.95 Å². The van der Waals surface area contributed by atoms with Gasteiger partial charge in [0, 0.05) is 57.1 Å². The second-order valence-corrected chi connectivity index (χ2v) is 9.66. The van der Waals surface area contributed by atoms with Gasteiger partial charge in [0.1, 0.15) is 28.7 Å². The van der Waals surface area contributed by atoms with Gasteiger partial charge < -0.3 is 14.2 Å². The topological polar surface area (TPSA) is 73.9 Å². The molecule has 4 heterocycles. The summed E-state index contributed by atoms with van der Waals surface area (Å²) in [4.78, 5) is 16.3. The lowest BCUT2D eigenvalue weighted by Crippen LogP contribution is -2.20. The van der Waals surface area contributed by atoms with E-state index in [0.29, 0.717) is 47.7 Å². The second-order valence-electron chi connectivity index (χ2n) is 9.66. The molecule has 8 nitrogen and oxygen atoms in total. The lowest BCUT2D eigenvalue weighted by molar-refractivity contribution is 0.00396. The summed E-state index contributed by atoms with van der Waals surface area (Å²) in [5, 5.41) is 4.51. The van der Waals surface area contributed by atoms with Crippen LogP contribution in [0.1, 0.15) is 55.1 Å². The summed E-state index contributed by atoms with van der Waals surface area (Å²) in [5.41, 5.74) is 2.79. The van der Waals surface area contributed by atoms with E-state index in [1.807, 2.05) is 41.5 Å². The highest BCUT2D eigenvalue weighted by Crippen LogP contribution is 2.40. The van der Waals surface area contributed by atoms with Crippen LogP contribution in [-0.2, 0) is 11.8 Å². The number of rotatable bonds is 5. The molecule has 2 atom stereocenters. The van der Waals surface area contributed by atoms with Crippen molar-refractivity contribution in [2.75, 3.05) is 25.6 Å². The van der Waals surface area contributed by atoms with Gasteiger partial charge in [-0.05, 0) is 37.8 Å². The molecular weight excluding hydrogens is 452 g/mol. The van der Waals surface area contributed by atoms with Gasteiger partial charge in [0.15, 0.2) is 5.65 Å². The molecule has 1 unspecified atom stereocenters. The Kier molecular flexibility index (Phi) is 5.28. The summed E-state index contributed by atoms with van der Waals surface area (Å²) in [5.74, 6) is -0.0137. The van der Waals surface area contributed by atoms with Gasteiger partial charge >= 0.3 is 0 Å². The zero-order valence-corrected chi connectivity index (χ0v) is 19.9. The van der Waals surface area contributed by atoms with E-state index in [1.165, 1.54) is 25.0 Å². The van der Waals surface area contributed by atoms with Crippen molar-refractivity contribution in [1.82, 2.24) is 29.3 Å². The molecule has 10 heteroatoms. The van der Waals surface area contributed by atoms with E-state index in [2.05, 4.69) is 11.3 Å². The van der Waals surface area contributed by atoms with Gasteiger partial charge in [-0.2, -0.15) is 10.1 Å². The van der Waals surface area contributed by atoms with E-state index in [0.717, 1.165) is 18.1 Å². The first-order valence-corrected chi connectivity index (χ1v) is 11.9. The van der Waals surface area contributed by atoms with E-state index in [-0.39, 0.29) is 17.6 Å². The molecule has 3 aromatic heterocycles. The number of benzene rings is 1. The van der Waals surface area contributed by atoms with Crippen LogP contribution in [0.3, 0.4) is 0 Å². The molecule has 4 aromatic rings. The molecule has 0 spiro atoms. The highest BCUT2D eigenvalue weighted by molar-refractivity contribution is 5.89. The molecule has 35 heavy (non-hydrogen) atoms. The highest BCUT2D eigenvalue weighted by Gasteiger charge is 2.31. The lowest BCUT2D eigenvalue weighted by atomic mass is 9.92. The van der Waals surface area contributed by atoms with E-state index in [9.17, 15) is 8.78 Å². The normalized spacial score (nSPS) is 20.5. The fraction of sp³-hybridized carbons (Fsp3) is 0.440. The zero-order chi connectivity index (χ0) is 24.3. The molecule has 0 bridgehead atoms. The second kappa shape index (κ2) is 8.37. The van der Waals surface area contributed by atoms with Crippen LogP contribution in [0.2, 0.25) is 0 Å². The maximum absolute atomic E-state index is 14.9. The van der Waals surface area contributed by atoms with Crippen LogP contribution in [0.15, 0.2) is 30.6 Å². The third kappa shape index (κ3) is 3.95. The predicted octanol–water partition coefficient (Wildman–Crippen LogP) is 4.54. The van der Waals surface area contributed by atoms with E-state index in [4.69, 9.17) is 19.7 Å². The number of fused-ring (bicyclic) bond motifs is 1. The minimum Gasteiger partial charge on any atom is -0.373 e. The Morgan fingerprint density at radius 2 is 1.91 bits per heavy atom. The Labute approximate surface area is 201 Å². The van der Waals surface area contributed by atoms with Crippen molar-refractivity contribution in [2.45, 2.75) is 43.7 Å². The van der Waals surface area contributed by atoms with E-state index >= 15 is 0 Å². The summed E-state index contributed by atoms with van der Waals surface area (Å²) in [7, 11) is 5.62. The van der Waals surface area contributed by atoms with E-state index < -0.39 is 11.6 Å². The quantitative estimate of drug-likeness (QED) is 0.418. The monoisotopic (exact) mass is 479 g/mol. The number of imidazole rings is 1. The fourth-order valence-electron chi connectivity index (χ4n) is 4.89. The summed E-state index contributed by atoms with van der Waals surface area (Å²) >= 11 is 0. The minimum absolute atomic E-state index is 0.00879. The largest absolute Gasteiger partial charge is 0.373 e. The smallest absolute Gasteiger partial charge is 0.207 e. The number of aromatic nitrogens is 6. The van der Waals surface area contributed by atoms with E-state index in [1.54, 1.807) is 0 Å². The zero-order valence-electron chi connectivity index (χ0n) is 19.9. The molecule has 6 rings (SSSR count). The van der Waals surface area contributed by atoms with Gasteiger partial charge in [0.05, 0.1) is 18.3 Å². The average molecular weight is 480 g/mol. The number of anilines is 1. The molecule has 1 aliphatic heterocycles. The molecule has 182 valence electrons. The molecule has 1 aromatic carbocycles. The Balaban J connectivity index is 1.42. The van der Waals surface area contributed by atoms with Gasteiger partial charge in [0.25, 0.3) is 0 Å². The number of hydrogen-bond acceptors (Lipinski definition) is 6. The molecule has 2 aliphatic rings. The van der Waals surface area contributed by atoms with Crippen LogP contribution in [0, 0.1) is 11.6 Å². The van der Waals surface area contributed by atoms with Crippen molar-refractivity contribution in [3.63, 3.8) is 0 Å². The van der Waals surface area contributed by atoms with Crippen LogP contribution in [-0.4, -0.2) is 50.0 Å². The first-order valence-electron chi connectivity index (χ1n) is 11.9. The third-order valence-corrected chi connectivity index (χ3v) is 6.87. The Bertz CT molecular complexity index is 1410. The molecule has 0 radical (unpaired) electrons. The Morgan fingerprint density at radius 3 is 2.66 bits per heavy atom. The highest BCUT2D eigenvalue weighted by atomic mass is 19.1. The van der Waals surface area contributed by atoms with Crippen molar-refractivity contribution in [1.29, 1.82) is 0 Å². The molecule has 2 fully saturated rings. The molecule has 1 saturated carbocycles. The predicted molar refractivity (Wildman–Crippen MR) is 127 cm³/mol. The van der Waals surface area contributed by atoms with Crippen molar-refractivity contribution in [3.8, 4) is 11.3 Å². The molecular formula is C25H27F2N7O. The first-order chi connectivity index (χ1) is 16.9. The maximum atomic E-state index is 14.9. The van der Waals surface area contributed by atoms with Crippen molar-refractivity contribution >= 4 is 17.1 Å². The van der Waals surface area contributed by atoms with Gasteiger partial charge in [-0.1, -0.05) is 0 Å². The molecule has 1 saturated heterocycles. The minimum atomic E-state index is -0.666. The van der Waals surface area contributed by atoms with Gasteiger partial charge in [-0.25, -0.2) is 18.7 Å². The fourth-order valence-corrected chi connectivity index (χ4v) is 4.89. The maximum Gasteiger partial charge on any atom is 0.207 e. The SMILES string of the molecule is CN(C)c1nc2nc([C@@H]3CCOC(c4cnn(C5CC5)c4)C3)nc(-c3ccc(F)cc3F)c2n1C. The molecule has 0 N–H and O–H groups in total. The van der Waals surface area contributed by atoms with Gasteiger partial charge in [-0.3, -0.25) is 4.68 Å². The van der Waals surface area contributed by atoms with Crippen molar-refractivity contribution < 1.29 is 13.5 Å². The summed E-state index contributed by atoms with van der Waals surface area (Å²) in [6, 6.07) is 4.07. The third-order valence-electron chi connectivity index (χ3n) is 6.87. The van der Waals surface area contributed by atoms with Crippen LogP contribution >= 0.6 is 0 Å². The Morgan fingerprint density at radius 1 is 1.09 bits per heavy atom. The average Bonchev–Trinajstić information content (AvgIpc) is 3.47. The number of aryl methyl sites for hydroxylation is 1. The van der Waals surface area contributed by atoms with Crippen molar-refractivity contribution in [2.24, 2.45) is 7.05 Å². The Hall–Kier alpha value is -3.40. The number of halogens is 2. The van der Waals surface area contributed by atoms with Crippen LogP contribution in [0.4, 0.5) is 14.7 Å². The van der Waals surface area contributed by atoms with Crippen LogP contribution < -0.4 is 4.90 Å². The lowest BCUT2D eigenvalue weighted by Gasteiger charge is -2.28. The summed E-state index contributed by atoms with van der Waals surface area (Å²) in [6.07, 6.45) is 7.65. The number of hydrogen-bond donors (Lipinski definition) is 0. The van der Waals surface area contributed by atoms with Crippen LogP contribution in [0.5, 0.6) is 0 Å². The number of ether oxygens (including phenoxy) is 1. The van der Waals surface area contributed by atoms with Gasteiger partial charge in [-0.15, -0.1) is 0 Å². The first kappa shape index (κ1) is 22.1. The standard InChI is InChI=1S/C25H27F2N7O/c1-32(2)25-31-24-22(33(25)3)21(18-7-4-16(26)11-19(18)27)29-23(30-24)14-8-9-35-20(10-14)15-12-28-34(13-15)17-5-6-17/h4,7,11-14,17,20H,5-6,8-10H2,1-3H3/t14-,20?/m1/s1. The van der Waals surface area contributed by atoms with Crippen LogP contribution in [0.25, 0.3) is 22.4 Å². The molecule has 0 amide bonds. The molecule has 1 aliphatic carbocycles. The number of nitrogens with zero attached hydrogens (tertiary/aromatic N) is 7.